The molecule has 0 aliphatic carbocycles. The highest BCUT2D eigenvalue weighted by molar-refractivity contribution is 8.00. The first kappa shape index (κ1) is 31.7. The molecule has 2 aliphatic rings. The zero-order chi connectivity index (χ0) is 31.6. The summed E-state index contributed by atoms with van der Waals surface area (Å²) in [5.41, 5.74) is 11.1. The SMILES string of the molecule is C[C@H](N)C(=O)Nc1cc[n+](CC2=C(C(=O)[O-])N3C(=O)[C@@H](NC(=O)/C(=N\O[C@@H](C)C(=O)O)c4nc(N)sc4Cl)[C@H]3SC2)cc1. The summed E-state index contributed by atoms with van der Waals surface area (Å²) in [4.78, 5) is 71.3. The number of hydrogen-bond acceptors (Lipinski definition) is 13. The van der Waals surface area contributed by atoms with Gasteiger partial charge in [-0.2, -0.15) is 0 Å². The maximum absolute atomic E-state index is 13.2. The Labute approximate surface area is 256 Å². The summed E-state index contributed by atoms with van der Waals surface area (Å²) >= 11 is 8.18. The molecular formula is C24H25ClN8O8S2. The number of aromatic nitrogens is 2. The zero-order valence-corrected chi connectivity index (χ0v) is 24.9. The van der Waals surface area contributed by atoms with Crippen molar-refractivity contribution in [3.8, 4) is 0 Å². The lowest BCUT2D eigenvalue weighted by molar-refractivity contribution is -0.689. The van der Waals surface area contributed by atoms with Crippen LogP contribution >= 0.6 is 34.7 Å². The summed E-state index contributed by atoms with van der Waals surface area (Å²) in [6.45, 7) is 2.83. The molecule has 3 amide bonds. The van der Waals surface area contributed by atoms with Crippen LogP contribution in [0.15, 0.2) is 41.0 Å². The smallest absolute Gasteiger partial charge is 0.347 e. The van der Waals surface area contributed by atoms with Gasteiger partial charge < -0.3 is 41.9 Å². The zero-order valence-electron chi connectivity index (χ0n) is 22.5. The second-order valence-electron chi connectivity index (χ2n) is 9.34. The average Bonchev–Trinajstić information content (AvgIpc) is 3.29. The molecule has 0 aromatic carbocycles. The molecule has 0 radical (unpaired) electrons. The van der Waals surface area contributed by atoms with Crippen molar-refractivity contribution in [2.24, 2.45) is 10.9 Å². The minimum absolute atomic E-state index is 0.000740. The monoisotopic (exact) mass is 652 g/mol. The minimum Gasteiger partial charge on any atom is -0.543 e. The number of nitrogens with one attached hydrogen (secondary N) is 2. The predicted octanol–water partition coefficient (Wildman–Crippen LogP) is -1.75. The molecule has 0 bridgehead atoms. The summed E-state index contributed by atoms with van der Waals surface area (Å²) in [5, 5.41) is 29.2. The number of β-lactam (4-membered cyclic amide) rings is 1. The van der Waals surface area contributed by atoms with Crippen LogP contribution < -0.4 is 31.8 Å². The largest absolute Gasteiger partial charge is 0.543 e. The number of nitrogens with two attached hydrogens (primary N) is 2. The number of halogens is 1. The van der Waals surface area contributed by atoms with Gasteiger partial charge in [-0.1, -0.05) is 28.1 Å². The molecule has 0 saturated carbocycles. The fourth-order valence-electron chi connectivity index (χ4n) is 3.96. The second kappa shape index (κ2) is 12.9. The Balaban J connectivity index is 1.51. The maximum Gasteiger partial charge on any atom is 0.347 e. The molecule has 16 nitrogen and oxygen atoms in total. The van der Waals surface area contributed by atoms with Gasteiger partial charge in [0.2, 0.25) is 12.0 Å². The number of thiazole rings is 1. The lowest BCUT2D eigenvalue weighted by Gasteiger charge is -2.50. The number of hydrogen-bond donors (Lipinski definition) is 5. The summed E-state index contributed by atoms with van der Waals surface area (Å²) < 4.78 is 1.63. The fraction of sp³-hybridized carbons (Fsp3) is 0.333. The van der Waals surface area contributed by atoms with Crippen LogP contribution in [0.25, 0.3) is 0 Å². The van der Waals surface area contributed by atoms with Crippen LogP contribution in [0.5, 0.6) is 0 Å². The Bertz CT molecular complexity index is 1540. The number of nitrogens with zero attached hydrogens (tertiary/aromatic N) is 4. The van der Waals surface area contributed by atoms with Crippen molar-refractivity contribution in [1.82, 2.24) is 15.2 Å². The first-order valence-corrected chi connectivity index (χ1v) is 14.7. The highest BCUT2D eigenvalue weighted by Crippen LogP contribution is 2.40. The van der Waals surface area contributed by atoms with Crippen LogP contribution in [0.4, 0.5) is 10.8 Å². The number of carboxylic acid groups (broad SMARTS) is 2. The second-order valence-corrected chi connectivity index (χ2v) is 12.1. The Kier molecular flexibility index (Phi) is 9.53. The van der Waals surface area contributed by atoms with E-state index < -0.39 is 53.0 Å². The Hall–Kier alpha value is -4.26. The molecule has 2 aromatic rings. The predicted molar refractivity (Wildman–Crippen MR) is 152 cm³/mol. The average molecular weight is 653 g/mol. The topological polar surface area (TPSA) is 246 Å². The standard InChI is InChI=1S/C24H25ClN8O8S2/c1-9(26)18(34)28-12-3-5-32(6-4-12)7-11-8-42-21-15(20(36)33(21)16(11)23(39)40)29-19(35)14(31-41-10(2)22(37)38)13-17(25)43-24(27)30-13/h3-6,9-10,15,21H,7-8,26H2,1-2H3,(H5,27,29,30,35,37,38,39,40)/b31-14-/t9-,10-,15+,21+/m0/s1. The van der Waals surface area contributed by atoms with Gasteiger partial charge in [-0.25, -0.2) is 14.3 Å². The van der Waals surface area contributed by atoms with Crippen LogP contribution in [-0.4, -0.2) is 79.7 Å². The third-order valence-electron chi connectivity index (χ3n) is 6.16. The van der Waals surface area contributed by atoms with Gasteiger partial charge in [0.05, 0.1) is 23.4 Å². The molecule has 2 aliphatic heterocycles. The summed E-state index contributed by atoms with van der Waals surface area (Å²) in [7, 11) is 0. The number of aliphatic carboxylic acids is 2. The molecule has 2 aromatic heterocycles. The third kappa shape index (κ3) is 6.87. The minimum atomic E-state index is -1.57. The van der Waals surface area contributed by atoms with Crippen molar-refractivity contribution in [1.29, 1.82) is 0 Å². The van der Waals surface area contributed by atoms with Crippen molar-refractivity contribution in [2.45, 2.75) is 44.0 Å². The third-order valence-corrected chi connectivity index (χ3v) is 8.59. The number of carbonyl (C=O) groups is 5. The molecular weight excluding hydrogens is 628 g/mol. The van der Waals surface area contributed by atoms with Crippen LogP contribution in [-0.2, 0) is 35.4 Å². The van der Waals surface area contributed by atoms with E-state index >= 15 is 0 Å². The number of rotatable bonds is 11. The van der Waals surface area contributed by atoms with E-state index in [4.69, 9.17) is 33.0 Å². The van der Waals surface area contributed by atoms with E-state index in [2.05, 4.69) is 20.8 Å². The van der Waals surface area contributed by atoms with Gasteiger partial charge in [-0.3, -0.25) is 19.3 Å². The number of carbonyl (C=O) groups excluding carboxylic acids is 4. The molecule has 1 fully saturated rings. The molecule has 228 valence electrons. The van der Waals surface area contributed by atoms with Crippen molar-refractivity contribution >= 4 is 80.9 Å². The number of oxime groups is 1. The number of thioether (sulfide) groups is 1. The van der Waals surface area contributed by atoms with E-state index in [0.29, 0.717) is 11.3 Å². The number of anilines is 2. The van der Waals surface area contributed by atoms with Gasteiger partial charge in [0.25, 0.3) is 11.8 Å². The molecule has 19 heteroatoms. The molecule has 0 spiro atoms. The van der Waals surface area contributed by atoms with Crippen molar-refractivity contribution in [3.05, 3.63) is 45.8 Å². The van der Waals surface area contributed by atoms with Crippen molar-refractivity contribution in [3.63, 3.8) is 0 Å². The van der Waals surface area contributed by atoms with Crippen LogP contribution in [0.2, 0.25) is 4.34 Å². The Morgan fingerprint density at radius 3 is 2.56 bits per heavy atom. The van der Waals surface area contributed by atoms with Crippen molar-refractivity contribution in [2.75, 3.05) is 16.8 Å². The van der Waals surface area contributed by atoms with E-state index in [9.17, 15) is 29.1 Å². The Morgan fingerprint density at radius 2 is 2.00 bits per heavy atom. The highest BCUT2D eigenvalue weighted by atomic mass is 35.5. The number of carboxylic acids is 2. The molecule has 4 heterocycles. The normalized spacial score (nSPS) is 19.6. The molecule has 4 rings (SSSR count). The van der Waals surface area contributed by atoms with E-state index in [1.54, 1.807) is 36.0 Å². The summed E-state index contributed by atoms with van der Waals surface area (Å²) in [6, 6.07) is 1.36. The molecule has 4 atom stereocenters. The Morgan fingerprint density at radius 1 is 1.33 bits per heavy atom. The molecule has 1 saturated heterocycles. The number of nitrogen functional groups attached to an aromatic ring is 1. The van der Waals surface area contributed by atoms with Crippen molar-refractivity contribution < 1.29 is 43.6 Å². The van der Waals surface area contributed by atoms with Gasteiger partial charge in [0.15, 0.2) is 29.8 Å². The summed E-state index contributed by atoms with van der Waals surface area (Å²) in [5.74, 6) is -4.79. The van der Waals surface area contributed by atoms with E-state index in [0.717, 1.165) is 16.2 Å². The fourth-order valence-corrected chi connectivity index (χ4v) is 6.22. The van der Waals surface area contributed by atoms with Gasteiger partial charge in [0, 0.05) is 23.5 Å². The van der Waals surface area contributed by atoms with E-state index in [1.165, 1.54) is 18.7 Å². The first-order valence-electron chi connectivity index (χ1n) is 12.4. The van der Waals surface area contributed by atoms with Gasteiger partial charge in [-0.15, -0.1) is 11.8 Å². The van der Waals surface area contributed by atoms with E-state index in [-0.39, 0.29) is 39.1 Å². The van der Waals surface area contributed by atoms with Crippen LogP contribution in [0, 0.1) is 0 Å². The number of pyridine rings is 1. The maximum atomic E-state index is 13.2. The molecule has 43 heavy (non-hydrogen) atoms. The molecule has 0 unspecified atom stereocenters. The highest BCUT2D eigenvalue weighted by Gasteiger charge is 2.53. The number of amides is 3. The van der Waals surface area contributed by atoms with Gasteiger partial charge >= 0.3 is 5.97 Å². The van der Waals surface area contributed by atoms with Crippen LogP contribution in [0.1, 0.15) is 19.5 Å². The quantitative estimate of drug-likeness (QED) is 0.0785. The van der Waals surface area contributed by atoms with Crippen LogP contribution in [0.3, 0.4) is 0 Å². The lowest BCUT2D eigenvalue weighted by atomic mass is 10.0. The van der Waals surface area contributed by atoms with E-state index in [1.807, 2.05) is 0 Å². The van der Waals surface area contributed by atoms with Gasteiger partial charge in [-0.05, 0) is 13.8 Å². The summed E-state index contributed by atoms with van der Waals surface area (Å²) in [6.07, 6.45) is 1.82. The van der Waals surface area contributed by atoms with Gasteiger partial charge in [0.1, 0.15) is 21.4 Å². The number of fused-ring (bicyclic) bond motifs is 1. The lowest BCUT2D eigenvalue weighted by Crippen LogP contribution is -2.71. The first-order chi connectivity index (χ1) is 20.3. The molecule has 7 N–H and O–H groups in total.